The molecule has 0 saturated carbocycles. The number of carbonyl (C=O) groups is 4. The fourth-order valence-corrected chi connectivity index (χ4v) is 6.64. The molecule has 0 aromatic carbocycles. The second-order valence-electron chi connectivity index (χ2n) is 9.83. The molecule has 1 saturated heterocycles. The summed E-state index contributed by atoms with van der Waals surface area (Å²) in [5, 5.41) is 30.4. The van der Waals surface area contributed by atoms with Crippen LogP contribution in [0.15, 0.2) is 21.6 Å². The molecule has 0 radical (unpaired) electrons. The number of alkyl carbamates (subject to hydrolysis) is 1. The Bertz CT molecular complexity index is 1450. The predicted molar refractivity (Wildman–Crippen MR) is 155 cm³/mol. The standard InChI is InChI=1S/C22H29N11O7S3/c1-5-39-28-11(14-26-19(23)43-29-14)15(34)25-12-16(35)33-13(18(36)37)10(8-41-17(12)33)9-42-20-27-30-31-32(20)7-6-24-21(38)40-22(2,3)4/h12,17H,5-9H2,1-4H3,(H,24,38)(H,25,34)(H,36,37)(H2,23,26,29)/t12?,17-/m0/s1. The zero-order valence-electron chi connectivity index (χ0n) is 23.5. The maximum absolute atomic E-state index is 13.1. The van der Waals surface area contributed by atoms with Gasteiger partial charge in [-0.1, -0.05) is 16.9 Å². The molecule has 21 heteroatoms. The summed E-state index contributed by atoms with van der Waals surface area (Å²) in [6.45, 7) is 7.57. The number of ether oxygens (including phenoxy) is 1. The summed E-state index contributed by atoms with van der Waals surface area (Å²) in [4.78, 5) is 60.4. The SMILES string of the molecule is CCON=C(C(=O)NC1C(=O)N2C(C(=O)O)=C(CSc3nnnn3CCNC(=O)OC(C)(C)C)CS[C@@H]12)c1nsc(N)n1. The summed E-state index contributed by atoms with van der Waals surface area (Å²) < 4.78 is 10.6. The first-order valence-electron chi connectivity index (χ1n) is 12.8. The normalized spacial score (nSPS) is 18.6. The van der Waals surface area contributed by atoms with Gasteiger partial charge in [0.1, 0.15) is 29.3 Å². The van der Waals surface area contributed by atoms with E-state index in [4.69, 9.17) is 15.3 Å². The van der Waals surface area contributed by atoms with E-state index in [1.807, 2.05) is 0 Å². The van der Waals surface area contributed by atoms with Crippen LogP contribution in [0.5, 0.6) is 0 Å². The highest BCUT2D eigenvalue weighted by Gasteiger charge is 2.54. The van der Waals surface area contributed by atoms with E-state index in [9.17, 15) is 24.3 Å². The molecule has 0 bridgehead atoms. The number of anilines is 1. The van der Waals surface area contributed by atoms with E-state index in [2.05, 4.69) is 40.7 Å². The molecule has 2 aromatic rings. The molecule has 1 unspecified atom stereocenters. The molecule has 232 valence electrons. The number of rotatable bonds is 12. The molecular weight excluding hydrogens is 627 g/mol. The Labute approximate surface area is 257 Å². The van der Waals surface area contributed by atoms with E-state index in [1.54, 1.807) is 27.7 Å². The van der Waals surface area contributed by atoms with Crippen molar-refractivity contribution in [2.24, 2.45) is 5.16 Å². The number of nitrogens with two attached hydrogens (primary N) is 1. The highest BCUT2D eigenvalue weighted by atomic mass is 32.2. The highest BCUT2D eigenvalue weighted by Crippen LogP contribution is 2.41. The first-order valence-corrected chi connectivity index (χ1v) is 15.6. The van der Waals surface area contributed by atoms with Gasteiger partial charge in [-0.05, 0) is 43.7 Å². The van der Waals surface area contributed by atoms with Gasteiger partial charge in [-0.15, -0.1) is 16.9 Å². The number of aromatic nitrogens is 6. The van der Waals surface area contributed by atoms with Crippen LogP contribution in [-0.2, 0) is 30.5 Å². The van der Waals surface area contributed by atoms with Gasteiger partial charge in [-0.2, -0.15) is 9.36 Å². The van der Waals surface area contributed by atoms with E-state index in [0.29, 0.717) is 10.7 Å². The Kier molecular flexibility index (Phi) is 10.1. The average Bonchev–Trinajstić information content (AvgIpc) is 3.57. The van der Waals surface area contributed by atoms with Crippen LogP contribution in [0.1, 0.15) is 33.5 Å². The lowest BCUT2D eigenvalue weighted by atomic mass is 10.0. The molecule has 18 nitrogen and oxygen atoms in total. The van der Waals surface area contributed by atoms with Crippen molar-refractivity contribution in [3.8, 4) is 0 Å². The zero-order chi connectivity index (χ0) is 31.3. The van der Waals surface area contributed by atoms with Gasteiger partial charge in [0.2, 0.25) is 16.7 Å². The minimum absolute atomic E-state index is 0.0539. The Balaban J connectivity index is 1.39. The van der Waals surface area contributed by atoms with E-state index >= 15 is 0 Å². The molecule has 2 aliphatic heterocycles. The summed E-state index contributed by atoms with van der Waals surface area (Å²) in [5.41, 5.74) is 5.06. The number of nitrogens with one attached hydrogen (secondary N) is 2. The lowest BCUT2D eigenvalue weighted by Crippen LogP contribution is -2.71. The fourth-order valence-electron chi connectivity index (χ4n) is 3.82. The van der Waals surface area contributed by atoms with Gasteiger partial charge < -0.3 is 31.0 Å². The van der Waals surface area contributed by atoms with Crippen LogP contribution in [0.3, 0.4) is 0 Å². The highest BCUT2D eigenvalue weighted by molar-refractivity contribution is 8.01. The summed E-state index contributed by atoms with van der Waals surface area (Å²) >= 11 is 3.36. The topological polar surface area (TPSA) is 242 Å². The van der Waals surface area contributed by atoms with Crippen LogP contribution in [0.4, 0.5) is 9.93 Å². The van der Waals surface area contributed by atoms with Gasteiger partial charge in [0, 0.05) is 29.6 Å². The molecular formula is C22H29N11O7S3. The van der Waals surface area contributed by atoms with Gasteiger partial charge in [0.15, 0.2) is 5.13 Å². The number of carboxylic acids is 1. The predicted octanol–water partition coefficient (Wildman–Crippen LogP) is -0.0970. The van der Waals surface area contributed by atoms with Crippen molar-refractivity contribution < 1.29 is 33.9 Å². The molecule has 5 N–H and O–H groups in total. The number of hydrogen-bond acceptors (Lipinski definition) is 16. The largest absolute Gasteiger partial charge is 0.477 e. The number of oxime groups is 1. The lowest BCUT2D eigenvalue weighted by molar-refractivity contribution is -0.150. The number of carbonyl (C=O) groups excluding carboxylic acids is 3. The minimum atomic E-state index is -1.28. The summed E-state index contributed by atoms with van der Waals surface area (Å²) in [6.07, 6.45) is -0.573. The van der Waals surface area contributed by atoms with Crippen LogP contribution < -0.4 is 16.4 Å². The molecule has 4 heterocycles. The smallest absolute Gasteiger partial charge is 0.407 e. The number of aliphatic carboxylic acids is 1. The van der Waals surface area contributed by atoms with E-state index in [-0.39, 0.29) is 53.6 Å². The second kappa shape index (κ2) is 13.5. The summed E-state index contributed by atoms with van der Waals surface area (Å²) in [5.74, 6) is -2.22. The van der Waals surface area contributed by atoms with Crippen LogP contribution >= 0.6 is 35.1 Å². The Morgan fingerprint density at radius 3 is 2.72 bits per heavy atom. The third-order valence-corrected chi connectivity index (χ3v) is 8.48. The molecule has 0 spiro atoms. The molecule has 0 aliphatic carbocycles. The van der Waals surface area contributed by atoms with Crippen LogP contribution in [0.25, 0.3) is 0 Å². The molecule has 43 heavy (non-hydrogen) atoms. The fraction of sp³-hybridized carbons (Fsp3) is 0.545. The van der Waals surface area contributed by atoms with Crippen molar-refractivity contribution in [2.75, 3.05) is 30.4 Å². The molecule has 2 atom stereocenters. The molecule has 2 aromatic heterocycles. The Hall–Kier alpha value is -3.98. The Morgan fingerprint density at radius 2 is 2.07 bits per heavy atom. The van der Waals surface area contributed by atoms with Crippen molar-refractivity contribution in [3.63, 3.8) is 0 Å². The number of thioether (sulfide) groups is 2. The van der Waals surface area contributed by atoms with E-state index < -0.39 is 40.9 Å². The monoisotopic (exact) mass is 655 g/mol. The average molecular weight is 656 g/mol. The quantitative estimate of drug-likeness (QED) is 0.101. The number of tetrazole rings is 1. The molecule has 1 fully saturated rings. The van der Waals surface area contributed by atoms with Crippen molar-refractivity contribution in [3.05, 3.63) is 17.1 Å². The summed E-state index contributed by atoms with van der Waals surface area (Å²) in [6, 6.07) is -1.01. The number of hydrogen-bond donors (Lipinski definition) is 4. The van der Waals surface area contributed by atoms with Gasteiger partial charge in [0.25, 0.3) is 11.8 Å². The molecule has 4 rings (SSSR count). The lowest BCUT2D eigenvalue weighted by Gasteiger charge is -2.49. The molecule has 2 aliphatic rings. The maximum atomic E-state index is 13.1. The third-order valence-electron chi connectivity index (χ3n) is 5.56. The van der Waals surface area contributed by atoms with Crippen molar-refractivity contribution in [2.45, 2.75) is 56.4 Å². The van der Waals surface area contributed by atoms with Crippen LogP contribution in [0.2, 0.25) is 0 Å². The van der Waals surface area contributed by atoms with Gasteiger partial charge in [-0.3, -0.25) is 14.5 Å². The number of carboxylic acid groups (broad SMARTS) is 1. The van der Waals surface area contributed by atoms with Crippen molar-refractivity contribution in [1.82, 2.24) is 45.1 Å². The van der Waals surface area contributed by atoms with Gasteiger partial charge in [-0.25, -0.2) is 14.3 Å². The van der Waals surface area contributed by atoms with E-state index in [0.717, 1.165) is 16.4 Å². The van der Waals surface area contributed by atoms with Crippen LogP contribution in [0, 0.1) is 0 Å². The number of nitrogen functional groups attached to an aromatic ring is 1. The second-order valence-corrected chi connectivity index (χ2v) is 12.7. The maximum Gasteiger partial charge on any atom is 0.407 e. The van der Waals surface area contributed by atoms with Crippen LogP contribution in [-0.4, -0.2) is 111 Å². The van der Waals surface area contributed by atoms with Gasteiger partial charge in [0.05, 0.1) is 6.54 Å². The first-order chi connectivity index (χ1) is 20.4. The van der Waals surface area contributed by atoms with Crippen molar-refractivity contribution in [1.29, 1.82) is 0 Å². The Morgan fingerprint density at radius 1 is 1.30 bits per heavy atom. The van der Waals surface area contributed by atoms with Gasteiger partial charge >= 0.3 is 12.1 Å². The van der Waals surface area contributed by atoms with E-state index in [1.165, 1.54) is 28.2 Å². The number of β-lactam (4-membered cyclic amide) rings is 1. The number of nitrogens with zero attached hydrogens (tertiary/aromatic N) is 8. The van der Waals surface area contributed by atoms with Crippen molar-refractivity contribution >= 4 is 69.8 Å². The first kappa shape index (κ1) is 31.9. The minimum Gasteiger partial charge on any atom is -0.477 e. The summed E-state index contributed by atoms with van der Waals surface area (Å²) in [7, 11) is 0. The number of amides is 3. The third kappa shape index (κ3) is 7.70. The number of fused-ring (bicyclic) bond motifs is 1. The molecule has 3 amide bonds. The zero-order valence-corrected chi connectivity index (χ0v) is 25.9.